The molecule has 1 aromatic carbocycles. The van der Waals surface area contributed by atoms with Gasteiger partial charge in [0.1, 0.15) is 6.54 Å². The third-order valence-corrected chi connectivity index (χ3v) is 2.65. The number of benzene rings is 1. The zero-order valence-electron chi connectivity index (χ0n) is 9.74. The van der Waals surface area contributed by atoms with Gasteiger partial charge in [-0.3, -0.25) is 9.59 Å². The highest BCUT2D eigenvalue weighted by Crippen LogP contribution is 2.16. The van der Waals surface area contributed by atoms with Gasteiger partial charge in [-0.15, -0.1) is 0 Å². The summed E-state index contributed by atoms with van der Waals surface area (Å²) < 4.78 is 0. The number of halogens is 1. The normalized spacial score (nSPS) is 10.1. The number of aryl methyl sites for hydroxylation is 1. The van der Waals surface area contributed by atoms with Crippen molar-refractivity contribution in [3.05, 3.63) is 34.3 Å². The van der Waals surface area contributed by atoms with Crippen LogP contribution in [-0.4, -0.2) is 35.0 Å². The predicted octanol–water partition coefficient (Wildman–Crippen LogP) is 2.20. The molecule has 0 saturated carbocycles. The summed E-state index contributed by atoms with van der Waals surface area (Å²) >= 11 is 5.80. The van der Waals surface area contributed by atoms with Crippen LogP contribution in [0.25, 0.3) is 0 Å². The largest absolute Gasteiger partial charge is 0.480 e. The molecule has 5 heteroatoms. The van der Waals surface area contributed by atoms with Gasteiger partial charge in [-0.25, -0.2) is 0 Å². The molecule has 0 heterocycles. The summed E-state index contributed by atoms with van der Waals surface area (Å²) in [5.74, 6) is -1.31. The molecule has 0 spiro atoms. The summed E-state index contributed by atoms with van der Waals surface area (Å²) in [5, 5.41) is 9.27. The number of carboxylic acid groups (broad SMARTS) is 1. The van der Waals surface area contributed by atoms with Crippen molar-refractivity contribution in [2.75, 3.05) is 13.1 Å². The molecule has 0 bridgehead atoms. The molecule has 1 amide bonds. The smallest absolute Gasteiger partial charge is 0.323 e. The van der Waals surface area contributed by atoms with Crippen LogP contribution in [0.3, 0.4) is 0 Å². The second-order valence-electron chi connectivity index (χ2n) is 3.67. The molecule has 92 valence electrons. The van der Waals surface area contributed by atoms with Gasteiger partial charge >= 0.3 is 5.97 Å². The lowest BCUT2D eigenvalue weighted by Gasteiger charge is -2.19. The van der Waals surface area contributed by atoms with Gasteiger partial charge in [-0.2, -0.15) is 0 Å². The molecule has 0 radical (unpaired) electrons. The number of carbonyl (C=O) groups excluding carboxylic acids is 1. The third-order valence-electron chi connectivity index (χ3n) is 2.41. The van der Waals surface area contributed by atoms with Crippen molar-refractivity contribution in [1.29, 1.82) is 0 Å². The lowest BCUT2D eigenvalue weighted by molar-refractivity contribution is -0.137. The number of carbonyl (C=O) groups is 2. The van der Waals surface area contributed by atoms with Crippen molar-refractivity contribution in [1.82, 2.24) is 4.90 Å². The highest BCUT2D eigenvalue weighted by molar-refractivity contribution is 6.30. The van der Waals surface area contributed by atoms with Gasteiger partial charge in [-0.1, -0.05) is 11.6 Å². The van der Waals surface area contributed by atoms with Crippen LogP contribution in [0.2, 0.25) is 5.02 Å². The molecule has 0 atom stereocenters. The molecule has 0 aromatic heterocycles. The molecule has 0 fully saturated rings. The summed E-state index contributed by atoms with van der Waals surface area (Å²) in [6, 6.07) is 4.92. The van der Waals surface area contributed by atoms with Crippen LogP contribution in [0.5, 0.6) is 0 Å². The Morgan fingerprint density at radius 2 is 2.06 bits per heavy atom. The number of carboxylic acids is 1. The molecule has 1 aromatic rings. The second kappa shape index (κ2) is 5.68. The molecular formula is C12H14ClNO3. The van der Waals surface area contributed by atoms with E-state index in [9.17, 15) is 9.59 Å². The van der Waals surface area contributed by atoms with Crippen molar-refractivity contribution >= 4 is 23.5 Å². The van der Waals surface area contributed by atoms with Crippen molar-refractivity contribution < 1.29 is 14.7 Å². The summed E-state index contributed by atoms with van der Waals surface area (Å²) in [4.78, 5) is 24.0. The third kappa shape index (κ3) is 3.46. The SMILES string of the molecule is CCN(CC(=O)O)C(=O)c1ccc(Cl)cc1C. The van der Waals surface area contributed by atoms with Gasteiger partial charge in [0.2, 0.25) is 0 Å². The van der Waals surface area contributed by atoms with Crippen molar-refractivity contribution in [3.8, 4) is 0 Å². The van der Waals surface area contributed by atoms with Crippen LogP contribution in [0.4, 0.5) is 0 Å². The van der Waals surface area contributed by atoms with E-state index in [0.717, 1.165) is 5.56 Å². The molecule has 1 N–H and O–H groups in total. The first-order chi connectivity index (χ1) is 7.95. The van der Waals surface area contributed by atoms with E-state index in [1.165, 1.54) is 4.90 Å². The van der Waals surface area contributed by atoms with Crippen LogP contribution in [0.1, 0.15) is 22.8 Å². The fourth-order valence-electron chi connectivity index (χ4n) is 1.53. The first-order valence-corrected chi connectivity index (χ1v) is 5.60. The molecule has 0 aliphatic heterocycles. The molecular weight excluding hydrogens is 242 g/mol. The van der Waals surface area contributed by atoms with E-state index in [1.807, 2.05) is 0 Å². The monoisotopic (exact) mass is 255 g/mol. The summed E-state index contributed by atoms with van der Waals surface area (Å²) in [7, 11) is 0. The summed E-state index contributed by atoms with van der Waals surface area (Å²) in [5.41, 5.74) is 1.23. The molecule has 0 saturated heterocycles. The van der Waals surface area contributed by atoms with Crippen LogP contribution >= 0.6 is 11.6 Å². The van der Waals surface area contributed by atoms with E-state index in [2.05, 4.69) is 0 Å². The van der Waals surface area contributed by atoms with Crippen LogP contribution in [0.15, 0.2) is 18.2 Å². The fourth-order valence-corrected chi connectivity index (χ4v) is 1.75. The molecule has 0 unspecified atom stereocenters. The van der Waals surface area contributed by atoms with E-state index in [1.54, 1.807) is 32.0 Å². The molecule has 4 nitrogen and oxygen atoms in total. The van der Waals surface area contributed by atoms with E-state index in [4.69, 9.17) is 16.7 Å². The summed E-state index contributed by atoms with van der Waals surface area (Å²) in [6.45, 7) is 3.57. The molecule has 1 rings (SSSR count). The number of hydrogen-bond acceptors (Lipinski definition) is 2. The number of nitrogens with zero attached hydrogens (tertiary/aromatic N) is 1. The maximum atomic E-state index is 12.1. The van der Waals surface area contributed by atoms with Gasteiger partial charge in [0.15, 0.2) is 0 Å². The van der Waals surface area contributed by atoms with Crippen molar-refractivity contribution in [3.63, 3.8) is 0 Å². The number of aliphatic carboxylic acids is 1. The Balaban J connectivity index is 2.97. The molecule has 0 aliphatic carbocycles. The lowest BCUT2D eigenvalue weighted by atomic mass is 10.1. The Labute approximate surface area is 105 Å². The minimum atomic E-state index is -1.02. The van der Waals surface area contributed by atoms with E-state index in [0.29, 0.717) is 17.1 Å². The average Bonchev–Trinajstić information content (AvgIpc) is 2.24. The van der Waals surface area contributed by atoms with Crippen molar-refractivity contribution in [2.45, 2.75) is 13.8 Å². The zero-order chi connectivity index (χ0) is 13.0. The highest BCUT2D eigenvalue weighted by atomic mass is 35.5. The van der Waals surface area contributed by atoms with Crippen molar-refractivity contribution in [2.24, 2.45) is 0 Å². The predicted molar refractivity (Wildman–Crippen MR) is 65.4 cm³/mol. The second-order valence-corrected chi connectivity index (χ2v) is 4.11. The zero-order valence-corrected chi connectivity index (χ0v) is 10.5. The van der Waals surface area contributed by atoms with Gasteiger partial charge in [0, 0.05) is 17.1 Å². The quantitative estimate of drug-likeness (QED) is 0.897. The number of likely N-dealkylation sites (N-methyl/N-ethyl adjacent to an activating group) is 1. The maximum absolute atomic E-state index is 12.1. The standard InChI is InChI=1S/C12H14ClNO3/c1-3-14(7-11(15)16)12(17)10-5-4-9(13)6-8(10)2/h4-6H,3,7H2,1-2H3,(H,15,16). The van der Waals surface area contributed by atoms with Gasteiger partial charge in [0.05, 0.1) is 0 Å². The van der Waals surface area contributed by atoms with Gasteiger partial charge in [-0.05, 0) is 37.6 Å². The van der Waals surface area contributed by atoms with Crippen LogP contribution in [-0.2, 0) is 4.79 Å². The Morgan fingerprint density at radius 1 is 1.41 bits per heavy atom. The molecule has 0 aliphatic rings. The highest BCUT2D eigenvalue weighted by Gasteiger charge is 2.18. The van der Waals surface area contributed by atoms with E-state index >= 15 is 0 Å². The number of hydrogen-bond donors (Lipinski definition) is 1. The van der Waals surface area contributed by atoms with Gasteiger partial charge < -0.3 is 10.0 Å². The Hall–Kier alpha value is -1.55. The van der Waals surface area contributed by atoms with Gasteiger partial charge in [0.25, 0.3) is 5.91 Å². The Bertz CT molecular complexity index is 445. The Kier molecular flexibility index (Phi) is 4.52. The first kappa shape index (κ1) is 13.5. The topological polar surface area (TPSA) is 57.6 Å². The minimum Gasteiger partial charge on any atom is -0.480 e. The van der Waals surface area contributed by atoms with Crippen LogP contribution in [0, 0.1) is 6.92 Å². The first-order valence-electron chi connectivity index (χ1n) is 5.23. The van der Waals surface area contributed by atoms with E-state index in [-0.39, 0.29) is 12.5 Å². The van der Waals surface area contributed by atoms with E-state index < -0.39 is 5.97 Å². The average molecular weight is 256 g/mol. The molecule has 17 heavy (non-hydrogen) atoms. The summed E-state index contributed by atoms with van der Waals surface area (Å²) in [6.07, 6.45) is 0. The maximum Gasteiger partial charge on any atom is 0.323 e. The van der Waals surface area contributed by atoms with Crippen LogP contribution < -0.4 is 0 Å². The number of amides is 1. The fraction of sp³-hybridized carbons (Fsp3) is 0.333. The minimum absolute atomic E-state index is 0.288. The Morgan fingerprint density at radius 3 is 2.53 bits per heavy atom. The lowest BCUT2D eigenvalue weighted by Crippen LogP contribution is -2.35. The number of rotatable bonds is 4.